The van der Waals surface area contributed by atoms with E-state index < -0.39 is 12.8 Å². The molecule has 31 heavy (non-hydrogen) atoms. The molecule has 0 saturated heterocycles. The van der Waals surface area contributed by atoms with E-state index in [9.17, 15) is 22.8 Å². The molecule has 162 valence electrons. The molecule has 0 aliphatic carbocycles. The molecule has 0 aliphatic heterocycles. The first-order valence-electron chi connectivity index (χ1n) is 9.59. The molecule has 3 aromatic rings. The summed E-state index contributed by atoms with van der Waals surface area (Å²) in [6.45, 7) is -1.35. The van der Waals surface area contributed by atoms with E-state index in [1.807, 2.05) is 42.5 Å². The Morgan fingerprint density at radius 1 is 0.839 bits per heavy atom. The van der Waals surface area contributed by atoms with Crippen LogP contribution in [0.4, 0.5) is 13.2 Å². The van der Waals surface area contributed by atoms with Crippen LogP contribution < -0.4 is 15.4 Å². The molecule has 0 heterocycles. The second-order valence-electron chi connectivity index (χ2n) is 6.92. The predicted molar refractivity (Wildman–Crippen MR) is 111 cm³/mol. The van der Waals surface area contributed by atoms with Crippen LogP contribution in [0.5, 0.6) is 5.75 Å². The van der Waals surface area contributed by atoms with Gasteiger partial charge in [0.05, 0.1) is 13.0 Å². The molecule has 0 radical (unpaired) electrons. The maximum absolute atomic E-state index is 12.2. The highest BCUT2D eigenvalue weighted by Gasteiger charge is 2.28. The number of rotatable bonds is 8. The smallest absolute Gasteiger partial charge is 0.422 e. The fourth-order valence-electron chi connectivity index (χ4n) is 2.99. The molecule has 0 fully saturated rings. The van der Waals surface area contributed by atoms with E-state index in [0.717, 1.165) is 16.3 Å². The summed E-state index contributed by atoms with van der Waals surface area (Å²) in [5.41, 5.74) is 1.57. The molecule has 0 unspecified atom stereocenters. The Balaban J connectivity index is 1.42. The van der Waals surface area contributed by atoms with Crippen molar-refractivity contribution in [2.24, 2.45) is 0 Å². The first kappa shape index (κ1) is 22.1. The molecule has 2 amide bonds. The summed E-state index contributed by atoms with van der Waals surface area (Å²) >= 11 is 0. The quantitative estimate of drug-likeness (QED) is 0.572. The number of benzene rings is 3. The molecule has 0 aromatic heterocycles. The lowest BCUT2D eigenvalue weighted by Crippen LogP contribution is -2.37. The number of fused-ring (bicyclic) bond motifs is 1. The van der Waals surface area contributed by atoms with Crippen molar-refractivity contribution in [3.63, 3.8) is 0 Å². The third kappa shape index (κ3) is 7.02. The van der Waals surface area contributed by atoms with Crippen molar-refractivity contribution in [2.45, 2.75) is 19.1 Å². The van der Waals surface area contributed by atoms with Crippen molar-refractivity contribution >= 4 is 22.6 Å². The zero-order valence-electron chi connectivity index (χ0n) is 16.5. The number of amides is 2. The summed E-state index contributed by atoms with van der Waals surface area (Å²) in [4.78, 5) is 24.2. The second-order valence-corrected chi connectivity index (χ2v) is 6.92. The highest BCUT2D eigenvalue weighted by atomic mass is 19.4. The van der Waals surface area contributed by atoms with Gasteiger partial charge in [-0.1, -0.05) is 54.6 Å². The van der Waals surface area contributed by atoms with Crippen LogP contribution in [0.25, 0.3) is 10.8 Å². The van der Waals surface area contributed by atoms with E-state index in [-0.39, 0.29) is 37.1 Å². The number of carbonyl (C=O) groups excluding carboxylic acids is 2. The van der Waals surface area contributed by atoms with Crippen LogP contribution in [-0.2, 0) is 22.6 Å². The summed E-state index contributed by atoms with van der Waals surface area (Å²) in [6, 6.07) is 19.4. The minimum Gasteiger partial charge on any atom is -0.484 e. The fourth-order valence-corrected chi connectivity index (χ4v) is 2.99. The van der Waals surface area contributed by atoms with Crippen molar-refractivity contribution in [1.29, 1.82) is 0 Å². The number of hydrogen-bond donors (Lipinski definition) is 2. The van der Waals surface area contributed by atoms with Gasteiger partial charge < -0.3 is 15.4 Å². The summed E-state index contributed by atoms with van der Waals surface area (Å²) in [5.74, 6) is -0.547. The van der Waals surface area contributed by atoms with Gasteiger partial charge in [-0.2, -0.15) is 13.2 Å². The van der Waals surface area contributed by atoms with Crippen molar-refractivity contribution < 1.29 is 27.5 Å². The zero-order chi connectivity index (χ0) is 22.3. The summed E-state index contributed by atoms with van der Waals surface area (Å²) < 4.78 is 41.1. The van der Waals surface area contributed by atoms with Gasteiger partial charge in [0, 0.05) is 6.54 Å². The minimum absolute atomic E-state index is 0.0908. The molecule has 2 N–H and O–H groups in total. The van der Waals surface area contributed by atoms with Gasteiger partial charge in [0.15, 0.2) is 6.61 Å². The first-order chi connectivity index (χ1) is 14.8. The number of ether oxygens (including phenoxy) is 1. The average molecular weight is 430 g/mol. The lowest BCUT2D eigenvalue weighted by atomic mass is 10.0. The average Bonchev–Trinajstić information content (AvgIpc) is 2.75. The minimum atomic E-state index is -4.40. The Morgan fingerprint density at radius 3 is 2.29 bits per heavy atom. The molecular weight excluding hydrogens is 409 g/mol. The monoisotopic (exact) mass is 430 g/mol. The van der Waals surface area contributed by atoms with Crippen LogP contribution in [0, 0.1) is 0 Å². The number of carbonyl (C=O) groups is 2. The molecule has 3 aromatic carbocycles. The second kappa shape index (κ2) is 9.97. The highest BCUT2D eigenvalue weighted by molar-refractivity contribution is 5.91. The van der Waals surface area contributed by atoms with Crippen LogP contribution >= 0.6 is 0 Å². The van der Waals surface area contributed by atoms with E-state index in [1.54, 1.807) is 12.1 Å². The van der Waals surface area contributed by atoms with Crippen LogP contribution in [0.3, 0.4) is 0 Å². The van der Waals surface area contributed by atoms with Gasteiger partial charge in [-0.05, 0) is 34.0 Å². The zero-order valence-corrected chi connectivity index (χ0v) is 16.5. The lowest BCUT2D eigenvalue weighted by molar-refractivity contribution is -0.153. The largest absolute Gasteiger partial charge is 0.484 e. The van der Waals surface area contributed by atoms with E-state index in [4.69, 9.17) is 0 Å². The number of halogens is 3. The van der Waals surface area contributed by atoms with Crippen molar-refractivity contribution in [1.82, 2.24) is 10.6 Å². The molecule has 0 aliphatic rings. The lowest BCUT2D eigenvalue weighted by Gasteiger charge is -2.10. The SMILES string of the molecule is O=C(CNC(=O)Cc1cccc2ccccc12)NCc1ccc(OCC(F)(F)F)cc1. The first-order valence-corrected chi connectivity index (χ1v) is 9.59. The van der Waals surface area contributed by atoms with Gasteiger partial charge in [-0.15, -0.1) is 0 Å². The van der Waals surface area contributed by atoms with Gasteiger partial charge in [-0.3, -0.25) is 9.59 Å². The normalized spacial score (nSPS) is 11.2. The number of nitrogens with one attached hydrogen (secondary N) is 2. The Labute approximate surface area is 177 Å². The van der Waals surface area contributed by atoms with Gasteiger partial charge in [0.25, 0.3) is 0 Å². The third-order valence-corrected chi connectivity index (χ3v) is 4.49. The van der Waals surface area contributed by atoms with E-state index >= 15 is 0 Å². The molecular formula is C23H21F3N2O3. The Bertz CT molecular complexity index is 1040. The van der Waals surface area contributed by atoms with Crippen molar-refractivity contribution in [3.8, 4) is 5.75 Å². The van der Waals surface area contributed by atoms with Crippen molar-refractivity contribution in [3.05, 3.63) is 77.9 Å². The Morgan fingerprint density at radius 2 is 1.55 bits per heavy atom. The molecule has 0 bridgehead atoms. The van der Waals surface area contributed by atoms with Crippen LogP contribution in [0.2, 0.25) is 0 Å². The summed E-state index contributed by atoms with van der Waals surface area (Å²) in [6.07, 6.45) is -4.24. The van der Waals surface area contributed by atoms with Gasteiger partial charge in [0.1, 0.15) is 5.75 Å². The molecule has 3 rings (SSSR count). The van der Waals surface area contributed by atoms with Gasteiger partial charge in [0.2, 0.25) is 11.8 Å². The highest BCUT2D eigenvalue weighted by Crippen LogP contribution is 2.19. The fraction of sp³-hybridized carbons (Fsp3) is 0.217. The maximum atomic E-state index is 12.2. The summed E-state index contributed by atoms with van der Waals surface area (Å²) in [7, 11) is 0. The topological polar surface area (TPSA) is 67.4 Å². The third-order valence-electron chi connectivity index (χ3n) is 4.49. The molecule has 8 heteroatoms. The summed E-state index contributed by atoms with van der Waals surface area (Å²) in [5, 5.41) is 7.28. The molecule has 0 atom stereocenters. The number of alkyl halides is 3. The predicted octanol–water partition coefficient (Wildman–Crippen LogP) is 3.76. The Kier molecular flexibility index (Phi) is 7.12. The van der Waals surface area contributed by atoms with Gasteiger partial charge in [-0.25, -0.2) is 0 Å². The van der Waals surface area contributed by atoms with Crippen LogP contribution in [-0.4, -0.2) is 31.1 Å². The maximum Gasteiger partial charge on any atom is 0.422 e. The molecule has 5 nitrogen and oxygen atoms in total. The molecule has 0 saturated carbocycles. The van der Waals surface area contributed by atoms with Crippen LogP contribution in [0.15, 0.2) is 66.7 Å². The van der Waals surface area contributed by atoms with E-state index in [2.05, 4.69) is 15.4 Å². The van der Waals surface area contributed by atoms with Crippen molar-refractivity contribution in [2.75, 3.05) is 13.2 Å². The van der Waals surface area contributed by atoms with Crippen LogP contribution in [0.1, 0.15) is 11.1 Å². The standard InChI is InChI=1S/C23H21F3N2O3/c24-23(25,26)15-31-19-10-8-16(9-11-19)13-27-22(30)14-28-21(29)12-18-6-3-5-17-4-1-2-7-20(17)18/h1-11H,12-15H2,(H,27,30)(H,28,29). The van der Waals surface area contributed by atoms with Gasteiger partial charge >= 0.3 is 6.18 Å². The van der Waals surface area contributed by atoms with E-state index in [0.29, 0.717) is 5.56 Å². The molecule has 0 spiro atoms. The number of hydrogen-bond acceptors (Lipinski definition) is 3. The van der Waals surface area contributed by atoms with E-state index in [1.165, 1.54) is 12.1 Å². The Hall–Kier alpha value is -3.55.